The van der Waals surface area contributed by atoms with Crippen molar-refractivity contribution in [1.82, 2.24) is 0 Å². The monoisotopic (exact) mass is 318 g/mol. The van der Waals surface area contributed by atoms with E-state index in [-0.39, 0.29) is 5.78 Å². The van der Waals surface area contributed by atoms with E-state index >= 15 is 0 Å². The Bertz CT molecular complexity index is 698. The van der Waals surface area contributed by atoms with Crippen LogP contribution in [0.15, 0.2) is 41.8 Å². The normalized spacial score (nSPS) is 35.5. The first-order chi connectivity index (χ1) is 10.4. The molecule has 0 amide bonds. The SMILES string of the molecule is C[C@]1(C(=O)O)[C@@H](C(=O)O)[C@@H]2C=CS[C@@]21C(=O)c1ccccc1. The molecule has 0 aromatic heterocycles. The number of carboxylic acids is 2. The van der Waals surface area contributed by atoms with Crippen LogP contribution in [0.2, 0.25) is 0 Å². The van der Waals surface area contributed by atoms with Crippen molar-refractivity contribution in [3.05, 3.63) is 47.4 Å². The van der Waals surface area contributed by atoms with E-state index in [4.69, 9.17) is 0 Å². The second-order valence-corrected chi connectivity index (χ2v) is 6.88. The first-order valence-electron chi connectivity index (χ1n) is 6.78. The van der Waals surface area contributed by atoms with E-state index in [0.29, 0.717) is 5.56 Å². The lowest BCUT2D eigenvalue weighted by Gasteiger charge is -2.59. The number of carbonyl (C=O) groups excluding carboxylic acids is 1. The van der Waals surface area contributed by atoms with Crippen molar-refractivity contribution in [1.29, 1.82) is 0 Å². The number of hydrogen-bond donors (Lipinski definition) is 2. The van der Waals surface area contributed by atoms with Crippen LogP contribution in [0.5, 0.6) is 0 Å². The Kier molecular flexibility index (Phi) is 3.18. The number of Topliss-reactive ketones (excluding diaryl/α,β-unsaturated/α-hetero) is 1. The number of fused-ring (bicyclic) bond motifs is 1. The minimum atomic E-state index is -1.65. The van der Waals surface area contributed by atoms with Crippen LogP contribution in [0.3, 0.4) is 0 Å². The Balaban J connectivity index is 2.13. The molecule has 1 heterocycles. The van der Waals surface area contributed by atoms with Crippen molar-refractivity contribution in [2.45, 2.75) is 11.7 Å². The lowest BCUT2D eigenvalue weighted by atomic mass is 9.45. The minimum absolute atomic E-state index is 0.324. The zero-order chi connectivity index (χ0) is 16.1. The molecule has 1 aromatic carbocycles. The molecule has 6 heteroatoms. The van der Waals surface area contributed by atoms with Gasteiger partial charge in [-0.1, -0.05) is 36.4 Å². The van der Waals surface area contributed by atoms with Crippen LogP contribution >= 0.6 is 11.8 Å². The molecule has 114 valence electrons. The van der Waals surface area contributed by atoms with Crippen molar-refractivity contribution in [3.8, 4) is 0 Å². The van der Waals surface area contributed by atoms with Gasteiger partial charge in [-0.2, -0.15) is 0 Å². The molecule has 1 aliphatic heterocycles. The molecule has 0 radical (unpaired) electrons. The Hall–Kier alpha value is -2.08. The zero-order valence-corrected chi connectivity index (χ0v) is 12.5. The topological polar surface area (TPSA) is 91.7 Å². The summed E-state index contributed by atoms with van der Waals surface area (Å²) in [6.45, 7) is 1.37. The van der Waals surface area contributed by atoms with Crippen molar-refractivity contribution in [2.24, 2.45) is 17.3 Å². The van der Waals surface area contributed by atoms with E-state index < -0.39 is 33.9 Å². The van der Waals surface area contributed by atoms with E-state index in [2.05, 4.69) is 0 Å². The summed E-state index contributed by atoms with van der Waals surface area (Å²) >= 11 is 1.12. The van der Waals surface area contributed by atoms with E-state index in [1.807, 2.05) is 0 Å². The summed E-state index contributed by atoms with van der Waals surface area (Å²) in [5, 5.41) is 20.7. The van der Waals surface area contributed by atoms with Gasteiger partial charge in [0.25, 0.3) is 0 Å². The van der Waals surface area contributed by atoms with E-state index in [1.165, 1.54) is 6.92 Å². The maximum absolute atomic E-state index is 13.0. The average Bonchev–Trinajstić information content (AvgIpc) is 2.87. The quantitative estimate of drug-likeness (QED) is 0.828. The summed E-state index contributed by atoms with van der Waals surface area (Å²) in [6.07, 6.45) is 1.65. The Labute approximate surface area is 131 Å². The number of benzene rings is 1. The second-order valence-electron chi connectivity index (χ2n) is 5.73. The number of aliphatic carboxylic acids is 2. The molecule has 0 unspecified atom stereocenters. The van der Waals surface area contributed by atoms with Gasteiger partial charge in [0.15, 0.2) is 5.78 Å². The molecule has 1 saturated carbocycles. The van der Waals surface area contributed by atoms with Gasteiger partial charge in [-0.05, 0) is 12.3 Å². The van der Waals surface area contributed by atoms with Crippen LogP contribution in [0.1, 0.15) is 17.3 Å². The first-order valence-corrected chi connectivity index (χ1v) is 7.66. The van der Waals surface area contributed by atoms with Gasteiger partial charge in [-0.15, -0.1) is 11.8 Å². The number of carboxylic acid groups (broad SMARTS) is 2. The van der Waals surface area contributed by atoms with Crippen molar-refractivity contribution < 1.29 is 24.6 Å². The van der Waals surface area contributed by atoms with Crippen LogP contribution in [0.25, 0.3) is 0 Å². The molecule has 0 saturated heterocycles. The molecule has 0 bridgehead atoms. The maximum Gasteiger partial charge on any atom is 0.312 e. The molecular formula is C16H14O5S. The van der Waals surface area contributed by atoms with Crippen molar-refractivity contribution >= 4 is 29.5 Å². The number of carbonyl (C=O) groups is 3. The van der Waals surface area contributed by atoms with Crippen LogP contribution in [0, 0.1) is 17.3 Å². The highest BCUT2D eigenvalue weighted by molar-refractivity contribution is 8.04. The second kappa shape index (κ2) is 4.71. The molecule has 2 N–H and O–H groups in total. The van der Waals surface area contributed by atoms with E-state index in [1.54, 1.807) is 41.8 Å². The summed E-state index contributed by atoms with van der Waals surface area (Å²) < 4.78 is -1.29. The van der Waals surface area contributed by atoms with Gasteiger partial charge in [0.1, 0.15) is 10.2 Å². The average molecular weight is 318 g/mol. The van der Waals surface area contributed by atoms with Crippen LogP contribution in [-0.2, 0) is 9.59 Å². The largest absolute Gasteiger partial charge is 0.481 e. The summed E-state index contributed by atoms with van der Waals surface area (Å²) in [7, 11) is 0. The molecule has 5 nitrogen and oxygen atoms in total. The van der Waals surface area contributed by atoms with Gasteiger partial charge in [-0.25, -0.2) is 0 Å². The van der Waals surface area contributed by atoms with Crippen LogP contribution in [-0.4, -0.2) is 32.7 Å². The lowest BCUT2D eigenvalue weighted by molar-refractivity contribution is -0.180. The van der Waals surface area contributed by atoms with Crippen molar-refractivity contribution in [2.75, 3.05) is 0 Å². The Morgan fingerprint density at radius 1 is 1.14 bits per heavy atom. The Morgan fingerprint density at radius 3 is 2.32 bits per heavy atom. The summed E-state index contributed by atoms with van der Waals surface area (Å²) in [4.78, 5) is 36.4. The van der Waals surface area contributed by atoms with Crippen molar-refractivity contribution in [3.63, 3.8) is 0 Å². The van der Waals surface area contributed by atoms with Crippen LogP contribution in [0.4, 0.5) is 0 Å². The molecule has 1 aliphatic carbocycles. The van der Waals surface area contributed by atoms with Gasteiger partial charge in [0, 0.05) is 11.5 Å². The van der Waals surface area contributed by atoms with E-state index in [9.17, 15) is 24.6 Å². The van der Waals surface area contributed by atoms with Gasteiger partial charge < -0.3 is 10.2 Å². The molecule has 3 rings (SSSR count). The highest BCUT2D eigenvalue weighted by Crippen LogP contribution is 2.69. The Morgan fingerprint density at radius 2 is 1.77 bits per heavy atom. The van der Waals surface area contributed by atoms with Gasteiger partial charge in [0.2, 0.25) is 0 Å². The molecule has 0 spiro atoms. The van der Waals surface area contributed by atoms with Gasteiger partial charge >= 0.3 is 11.9 Å². The first kappa shape index (κ1) is 14.8. The van der Waals surface area contributed by atoms with Crippen LogP contribution < -0.4 is 0 Å². The third-order valence-corrected chi connectivity index (χ3v) is 6.39. The summed E-state index contributed by atoms with van der Waals surface area (Å²) in [5.74, 6) is -4.47. The zero-order valence-electron chi connectivity index (χ0n) is 11.7. The minimum Gasteiger partial charge on any atom is -0.481 e. The predicted molar refractivity (Wildman–Crippen MR) is 80.6 cm³/mol. The maximum atomic E-state index is 13.0. The number of thioether (sulfide) groups is 1. The fraction of sp³-hybridized carbons (Fsp3) is 0.312. The standard InChI is InChI=1S/C16H14O5S/c1-15(14(20)21)11(13(18)19)10-7-8-22-16(10,15)12(17)9-5-3-2-4-6-9/h2-8,10-11H,1H3,(H,18,19)(H,20,21)/t10-,11+,15+,16+/m0/s1. The molecule has 1 aromatic rings. The van der Waals surface area contributed by atoms with Gasteiger partial charge in [0.05, 0.1) is 5.92 Å². The highest BCUT2D eigenvalue weighted by Gasteiger charge is 2.79. The summed E-state index contributed by atoms with van der Waals surface area (Å²) in [6, 6.07) is 8.44. The third kappa shape index (κ3) is 1.53. The molecule has 22 heavy (non-hydrogen) atoms. The molecular weight excluding hydrogens is 304 g/mol. The smallest absolute Gasteiger partial charge is 0.312 e. The number of rotatable bonds is 4. The number of ketones is 1. The summed E-state index contributed by atoms with van der Waals surface area (Å²) in [5.41, 5.74) is -1.25. The molecule has 1 fully saturated rings. The third-order valence-electron chi connectivity index (χ3n) is 4.85. The fourth-order valence-corrected chi connectivity index (χ4v) is 5.21. The predicted octanol–water partition coefficient (Wildman–Crippen LogP) is 2.29. The van der Waals surface area contributed by atoms with E-state index in [0.717, 1.165) is 11.8 Å². The molecule has 2 aliphatic rings. The lowest BCUT2D eigenvalue weighted by Crippen LogP contribution is -2.74. The number of allylic oxidation sites excluding steroid dienone is 1. The highest BCUT2D eigenvalue weighted by atomic mass is 32.2. The fourth-order valence-electron chi connectivity index (χ4n) is 3.69. The van der Waals surface area contributed by atoms with Gasteiger partial charge in [-0.3, -0.25) is 14.4 Å². The molecule has 4 atom stereocenters. The number of hydrogen-bond acceptors (Lipinski definition) is 4.